The molecule has 4 fully saturated rings. The molecule has 0 aliphatic heterocycles. The number of hydrogen-bond acceptors (Lipinski definition) is 5. The largest absolute Gasteiger partial charge is 0.458 e. The molecule has 0 spiro atoms. The molecule has 1 N–H and O–H groups in total. The molecule has 5 nitrogen and oxygen atoms in total. The molecule has 0 bridgehead atoms. The Kier molecular flexibility index (Phi) is 7.75. The van der Waals surface area contributed by atoms with E-state index in [2.05, 4.69) is 54.5 Å². The van der Waals surface area contributed by atoms with Gasteiger partial charge in [0.15, 0.2) is 6.61 Å². The second kappa shape index (κ2) is 10.7. The second-order valence-electron chi connectivity index (χ2n) is 17.5. The van der Waals surface area contributed by atoms with E-state index in [1.165, 1.54) is 12.0 Å². The van der Waals surface area contributed by atoms with Crippen molar-refractivity contribution in [3.8, 4) is 0 Å². The Hall–Kier alpha value is -2.14. The maximum Gasteiger partial charge on any atom is 0.344 e. The van der Waals surface area contributed by atoms with Crippen molar-refractivity contribution in [2.75, 3.05) is 6.61 Å². The number of carbonyl (C=O) groups is 2. The second-order valence-corrected chi connectivity index (χ2v) is 17.5. The molecule has 0 amide bonds. The molecule has 5 aliphatic carbocycles. The monoisotopic (exact) mass is 604 g/mol. The Morgan fingerprint density at radius 2 is 1.55 bits per heavy atom. The van der Waals surface area contributed by atoms with Crippen LogP contribution in [0.4, 0.5) is 0 Å². The van der Waals surface area contributed by atoms with Gasteiger partial charge in [-0.3, -0.25) is 4.79 Å². The van der Waals surface area contributed by atoms with E-state index in [4.69, 9.17) is 9.47 Å². The highest BCUT2D eigenvalue weighted by Crippen LogP contribution is 2.75. The van der Waals surface area contributed by atoms with Gasteiger partial charge >= 0.3 is 11.9 Å². The van der Waals surface area contributed by atoms with E-state index < -0.39 is 11.4 Å². The average molecular weight is 605 g/mol. The zero-order chi connectivity index (χ0) is 31.8. The first-order valence-corrected chi connectivity index (χ1v) is 17.3. The molecule has 5 aliphatic rings. The lowest BCUT2D eigenvalue weighted by Crippen LogP contribution is -2.65. The van der Waals surface area contributed by atoms with E-state index in [1.807, 2.05) is 30.3 Å². The van der Waals surface area contributed by atoms with Gasteiger partial charge < -0.3 is 14.6 Å². The van der Waals surface area contributed by atoms with Gasteiger partial charge in [0.25, 0.3) is 0 Å². The van der Waals surface area contributed by atoms with E-state index >= 15 is 0 Å². The van der Waals surface area contributed by atoms with Crippen LogP contribution >= 0.6 is 0 Å². The molecule has 0 unspecified atom stereocenters. The summed E-state index contributed by atoms with van der Waals surface area (Å²) in [6, 6.07) is 9.59. The number of esters is 2. The number of carbonyl (C=O) groups excluding carboxylic acids is 2. The highest BCUT2D eigenvalue weighted by molar-refractivity contribution is 5.81. The van der Waals surface area contributed by atoms with Crippen molar-refractivity contribution in [2.45, 2.75) is 125 Å². The maximum atomic E-state index is 14.1. The summed E-state index contributed by atoms with van der Waals surface area (Å²) >= 11 is 0. The van der Waals surface area contributed by atoms with Crippen molar-refractivity contribution < 1.29 is 24.2 Å². The van der Waals surface area contributed by atoms with Crippen LogP contribution in [0.2, 0.25) is 0 Å². The van der Waals surface area contributed by atoms with Crippen LogP contribution in [0.1, 0.15) is 118 Å². The van der Waals surface area contributed by atoms with Gasteiger partial charge in [0.1, 0.15) is 6.61 Å². The van der Waals surface area contributed by atoms with Crippen molar-refractivity contribution >= 4 is 11.9 Å². The summed E-state index contributed by atoms with van der Waals surface area (Å²) < 4.78 is 11.3. The number of benzene rings is 1. The van der Waals surface area contributed by atoms with Crippen LogP contribution in [0, 0.1) is 50.2 Å². The number of fused-ring (bicyclic) bond motifs is 7. The van der Waals surface area contributed by atoms with Gasteiger partial charge in [0.05, 0.1) is 11.5 Å². The fourth-order valence-corrected chi connectivity index (χ4v) is 11.6. The van der Waals surface area contributed by atoms with Gasteiger partial charge in [-0.15, -0.1) is 0 Å². The molecule has 4 saturated carbocycles. The number of allylic oxidation sites excluding steroid dienone is 2. The lowest BCUT2D eigenvalue weighted by Gasteiger charge is -2.71. The Bertz CT molecular complexity index is 1310. The fraction of sp³-hybridized carbons (Fsp3) is 0.744. The zero-order valence-electron chi connectivity index (χ0n) is 28.3. The summed E-state index contributed by atoms with van der Waals surface area (Å²) in [7, 11) is 0. The van der Waals surface area contributed by atoms with Crippen LogP contribution in [0.5, 0.6) is 0 Å². The Balaban J connectivity index is 1.26. The molecule has 0 saturated heterocycles. The van der Waals surface area contributed by atoms with Crippen molar-refractivity contribution in [3.63, 3.8) is 0 Å². The Morgan fingerprint density at radius 3 is 2.27 bits per heavy atom. The van der Waals surface area contributed by atoms with E-state index in [-0.39, 0.29) is 58.3 Å². The first-order valence-electron chi connectivity index (χ1n) is 17.3. The number of aliphatic hydroxyl groups is 1. The van der Waals surface area contributed by atoms with Gasteiger partial charge in [-0.25, -0.2) is 4.79 Å². The highest BCUT2D eigenvalue weighted by Gasteiger charge is 2.69. The van der Waals surface area contributed by atoms with Gasteiger partial charge in [-0.1, -0.05) is 90.4 Å². The summed E-state index contributed by atoms with van der Waals surface area (Å²) in [6.45, 7) is 16.8. The number of ether oxygens (including phenoxy) is 2. The van der Waals surface area contributed by atoms with Gasteiger partial charge in [-0.05, 0) is 115 Å². The molecular formula is C39H56O5. The first-order chi connectivity index (χ1) is 20.6. The molecule has 6 rings (SSSR count). The van der Waals surface area contributed by atoms with Crippen LogP contribution in [0.3, 0.4) is 0 Å². The molecule has 5 heteroatoms. The van der Waals surface area contributed by atoms with E-state index in [1.54, 1.807) is 0 Å². The van der Waals surface area contributed by atoms with Gasteiger partial charge in [-0.2, -0.15) is 0 Å². The predicted molar refractivity (Wildman–Crippen MR) is 172 cm³/mol. The summed E-state index contributed by atoms with van der Waals surface area (Å²) in [5, 5.41) is 11.0. The molecule has 1 aromatic carbocycles. The van der Waals surface area contributed by atoms with Crippen molar-refractivity contribution in [3.05, 3.63) is 47.5 Å². The molecule has 242 valence electrons. The third-order valence-electron chi connectivity index (χ3n) is 14.6. The first kappa shape index (κ1) is 31.8. The normalized spacial score (nSPS) is 42.0. The SMILES string of the molecule is CC1(C)CC[C@]2(C(=O)OCC(=O)OCc3ccccc3)CC[C@]3(C)C(=CC[C@@H]4[C@@]5(C)CC[C@H](O)C(C)(C)[C@@H]5CC[C@]43C)[C@@H]2C1. The predicted octanol–water partition coefficient (Wildman–Crippen LogP) is 8.44. The Morgan fingerprint density at radius 1 is 0.841 bits per heavy atom. The van der Waals surface area contributed by atoms with E-state index in [0.717, 1.165) is 63.4 Å². The smallest absolute Gasteiger partial charge is 0.344 e. The topological polar surface area (TPSA) is 72.8 Å². The third-order valence-corrected chi connectivity index (χ3v) is 14.6. The molecule has 8 atom stereocenters. The van der Waals surface area contributed by atoms with Crippen molar-refractivity contribution in [1.29, 1.82) is 0 Å². The van der Waals surface area contributed by atoms with Crippen LogP contribution in [0.15, 0.2) is 42.0 Å². The molecule has 44 heavy (non-hydrogen) atoms. The highest BCUT2D eigenvalue weighted by atomic mass is 16.6. The average Bonchev–Trinajstić information content (AvgIpc) is 2.97. The standard InChI is InChI=1S/C39H56O5/c1-34(2)19-21-39(33(42)44-25-32(41)43-24-26-11-9-8-10-12-26)22-20-37(6)27(28(39)23-34)13-14-30-36(5)17-16-31(40)35(3,4)29(36)15-18-38(30,37)7/h8-13,28-31,40H,14-25H2,1-7H3/t28-,29-,30+,31-,36-,37+,38+,39-/m0/s1. The zero-order valence-corrected chi connectivity index (χ0v) is 28.3. The minimum absolute atomic E-state index is 0.0145. The summed E-state index contributed by atoms with van der Waals surface area (Å²) in [5.41, 5.74) is 2.25. The lowest BCUT2D eigenvalue weighted by molar-refractivity contribution is -0.206. The molecule has 0 radical (unpaired) electrons. The molecular weight excluding hydrogens is 548 g/mol. The summed E-state index contributed by atoms with van der Waals surface area (Å²) in [6.07, 6.45) is 12.3. The van der Waals surface area contributed by atoms with Crippen LogP contribution in [-0.4, -0.2) is 29.8 Å². The summed E-state index contributed by atoms with van der Waals surface area (Å²) in [5.74, 6) is 0.507. The Labute approximate surface area is 265 Å². The molecule has 0 heterocycles. The van der Waals surface area contributed by atoms with Crippen molar-refractivity contribution in [2.24, 2.45) is 50.2 Å². The van der Waals surface area contributed by atoms with E-state index in [0.29, 0.717) is 11.8 Å². The fourth-order valence-electron chi connectivity index (χ4n) is 11.6. The number of hydrogen-bond donors (Lipinski definition) is 1. The minimum Gasteiger partial charge on any atom is -0.458 e. The number of aliphatic hydroxyl groups excluding tert-OH is 1. The van der Waals surface area contributed by atoms with Crippen LogP contribution in [-0.2, 0) is 25.7 Å². The maximum absolute atomic E-state index is 14.1. The molecule has 0 aromatic heterocycles. The van der Waals surface area contributed by atoms with Gasteiger partial charge in [0.2, 0.25) is 0 Å². The lowest BCUT2D eigenvalue weighted by atomic mass is 9.33. The van der Waals surface area contributed by atoms with E-state index in [9.17, 15) is 14.7 Å². The van der Waals surface area contributed by atoms with Crippen LogP contribution in [0.25, 0.3) is 0 Å². The third kappa shape index (κ3) is 4.73. The minimum atomic E-state index is -0.582. The number of rotatable bonds is 5. The van der Waals surface area contributed by atoms with Crippen molar-refractivity contribution in [1.82, 2.24) is 0 Å². The summed E-state index contributed by atoms with van der Waals surface area (Å²) in [4.78, 5) is 26.8. The molecule has 1 aromatic rings. The van der Waals surface area contributed by atoms with Crippen LogP contribution < -0.4 is 0 Å². The quantitative estimate of drug-likeness (QED) is 0.270. The van der Waals surface area contributed by atoms with Gasteiger partial charge in [0, 0.05) is 0 Å².